The van der Waals surface area contributed by atoms with Crippen molar-refractivity contribution in [3.05, 3.63) is 41.9 Å². The standard InChI is InChI=1S/C16H18N4O/c1-3-6-13(17)15-19-16(21-20-15)12-9-10(2)18-14-8-5-4-7-11(12)14/h4-5,7-9,13H,3,6,17H2,1-2H3. The van der Waals surface area contributed by atoms with Crippen LogP contribution in [0.25, 0.3) is 22.4 Å². The van der Waals surface area contributed by atoms with Gasteiger partial charge in [0.25, 0.3) is 5.89 Å². The van der Waals surface area contributed by atoms with E-state index in [1.54, 1.807) is 0 Å². The second kappa shape index (κ2) is 5.61. The zero-order chi connectivity index (χ0) is 14.8. The smallest absolute Gasteiger partial charge is 0.258 e. The summed E-state index contributed by atoms with van der Waals surface area (Å²) in [6.07, 6.45) is 1.83. The summed E-state index contributed by atoms with van der Waals surface area (Å²) >= 11 is 0. The molecular formula is C16H18N4O. The Kier molecular flexibility index (Phi) is 3.66. The third-order valence-corrected chi connectivity index (χ3v) is 3.45. The highest BCUT2D eigenvalue weighted by Gasteiger charge is 2.16. The van der Waals surface area contributed by atoms with E-state index >= 15 is 0 Å². The molecule has 2 N–H and O–H groups in total. The Morgan fingerprint density at radius 1 is 1.24 bits per heavy atom. The van der Waals surface area contributed by atoms with Gasteiger partial charge >= 0.3 is 0 Å². The average Bonchev–Trinajstić information content (AvgIpc) is 2.96. The molecule has 3 aromatic rings. The minimum absolute atomic E-state index is 0.179. The van der Waals surface area contributed by atoms with E-state index in [0.29, 0.717) is 11.7 Å². The summed E-state index contributed by atoms with van der Waals surface area (Å²) in [6.45, 7) is 4.04. The molecule has 0 bridgehead atoms. The lowest BCUT2D eigenvalue weighted by Crippen LogP contribution is -2.11. The minimum atomic E-state index is -0.179. The first-order valence-corrected chi connectivity index (χ1v) is 7.15. The molecule has 5 nitrogen and oxygen atoms in total. The Labute approximate surface area is 123 Å². The Morgan fingerprint density at radius 3 is 2.86 bits per heavy atom. The molecule has 0 saturated carbocycles. The molecule has 0 amide bonds. The Hall–Kier alpha value is -2.27. The van der Waals surface area contributed by atoms with E-state index in [4.69, 9.17) is 10.3 Å². The van der Waals surface area contributed by atoms with E-state index in [-0.39, 0.29) is 6.04 Å². The molecule has 1 unspecified atom stereocenters. The van der Waals surface area contributed by atoms with Gasteiger partial charge in [-0.25, -0.2) is 0 Å². The molecule has 0 aliphatic heterocycles. The number of rotatable bonds is 4. The molecule has 0 radical (unpaired) electrons. The van der Waals surface area contributed by atoms with E-state index in [2.05, 4.69) is 22.0 Å². The van der Waals surface area contributed by atoms with Gasteiger partial charge in [-0.3, -0.25) is 4.98 Å². The summed E-state index contributed by atoms with van der Waals surface area (Å²) in [5.41, 5.74) is 8.78. The van der Waals surface area contributed by atoms with Crippen molar-refractivity contribution in [2.75, 3.05) is 0 Å². The fourth-order valence-electron chi connectivity index (χ4n) is 2.42. The van der Waals surface area contributed by atoms with Crippen LogP contribution in [0.3, 0.4) is 0 Å². The number of pyridine rings is 1. The predicted octanol–water partition coefficient (Wildman–Crippen LogP) is 3.39. The largest absolute Gasteiger partial charge is 0.334 e. The summed E-state index contributed by atoms with van der Waals surface area (Å²) in [5.74, 6) is 1.06. The van der Waals surface area contributed by atoms with Crippen LogP contribution in [0.4, 0.5) is 0 Å². The number of aryl methyl sites for hydroxylation is 1. The Morgan fingerprint density at radius 2 is 2.05 bits per heavy atom. The normalized spacial score (nSPS) is 12.7. The lowest BCUT2D eigenvalue weighted by molar-refractivity contribution is 0.413. The van der Waals surface area contributed by atoms with Gasteiger partial charge in [0.1, 0.15) is 0 Å². The van der Waals surface area contributed by atoms with Crippen LogP contribution in [-0.2, 0) is 0 Å². The van der Waals surface area contributed by atoms with Gasteiger partial charge in [0, 0.05) is 11.1 Å². The number of fused-ring (bicyclic) bond motifs is 1. The molecule has 3 rings (SSSR count). The van der Waals surface area contributed by atoms with Crippen LogP contribution in [0.5, 0.6) is 0 Å². The maximum Gasteiger partial charge on any atom is 0.258 e. The van der Waals surface area contributed by atoms with Crippen LogP contribution in [0.2, 0.25) is 0 Å². The zero-order valence-corrected chi connectivity index (χ0v) is 12.2. The van der Waals surface area contributed by atoms with Crippen LogP contribution in [-0.4, -0.2) is 15.1 Å². The summed E-state index contributed by atoms with van der Waals surface area (Å²) < 4.78 is 5.41. The van der Waals surface area contributed by atoms with Crippen molar-refractivity contribution in [3.8, 4) is 11.5 Å². The van der Waals surface area contributed by atoms with Crippen molar-refractivity contribution in [1.82, 2.24) is 15.1 Å². The first-order valence-electron chi connectivity index (χ1n) is 7.15. The number of hydrogen-bond acceptors (Lipinski definition) is 5. The number of nitrogens with two attached hydrogens (primary N) is 1. The summed E-state index contributed by atoms with van der Waals surface area (Å²) in [4.78, 5) is 8.98. The fourth-order valence-corrected chi connectivity index (χ4v) is 2.42. The zero-order valence-electron chi connectivity index (χ0n) is 12.2. The van der Waals surface area contributed by atoms with E-state index in [9.17, 15) is 0 Å². The van der Waals surface area contributed by atoms with Gasteiger partial charge in [0.05, 0.1) is 17.1 Å². The molecule has 21 heavy (non-hydrogen) atoms. The third-order valence-electron chi connectivity index (χ3n) is 3.45. The average molecular weight is 282 g/mol. The van der Waals surface area contributed by atoms with Gasteiger partial charge in [0.2, 0.25) is 0 Å². The SMILES string of the molecule is CCCC(N)c1noc(-c2cc(C)nc3ccccc23)n1. The molecule has 0 fully saturated rings. The molecular weight excluding hydrogens is 264 g/mol. The van der Waals surface area contributed by atoms with Crippen LogP contribution in [0.1, 0.15) is 37.3 Å². The summed E-state index contributed by atoms with van der Waals surface area (Å²) in [7, 11) is 0. The fraction of sp³-hybridized carbons (Fsp3) is 0.312. The van der Waals surface area contributed by atoms with Crippen molar-refractivity contribution in [3.63, 3.8) is 0 Å². The molecule has 108 valence electrons. The molecule has 0 aliphatic carbocycles. The lowest BCUT2D eigenvalue weighted by Gasteiger charge is -2.04. The van der Waals surface area contributed by atoms with E-state index in [0.717, 1.165) is 35.0 Å². The van der Waals surface area contributed by atoms with Gasteiger partial charge in [-0.2, -0.15) is 4.98 Å². The van der Waals surface area contributed by atoms with Crippen molar-refractivity contribution in [2.24, 2.45) is 5.73 Å². The van der Waals surface area contributed by atoms with Gasteiger partial charge in [0.15, 0.2) is 5.82 Å². The van der Waals surface area contributed by atoms with Gasteiger partial charge in [-0.05, 0) is 25.5 Å². The van der Waals surface area contributed by atoms with E-state index in [1.807, 2.05) is 37.3 Å². The molecule has 1 aromatic carbocycles. The Bertz CT molecular complexity index is 766. The first kappa shape index (κ1) is 13.7. The van der Waals surface area contributed by atoms with Crippen molar-refractivity contribution < 1.29 is 4.52 Å². The first-order chi connectivity index (χ1) is 10.2. The number of benzene rings is 1. The highest BCUT2D eigenvalue weighted by Crippen LogP contribution is 2.28. The monoisotopic (exact) mass is 282 g/mol. The summed E-state index contributed by atoms with van der Waals surface area (Å²) in [6, 6.07) is 9.71. The van der Waals surface area contributed by atoms with Gasteiger partial charge in [-0.15, -0.1) is 0 Å². The molecule has 2 heterocycles. The lowest BCUT2D eigenvalue weighted by atomic mass is 10.1. The Balaban J connectivity index is 2.08. The minimum Gasteiger partial charge on any atom is -0.334 e. The highest BCUT2D eigenvalue weighted by molar-refractivity contribution is 5.92. The summed E-state index contributed by atoms with van der Waals surface area (Å²) in [5, 5.41) is 5.02. The highest BCUT2D eigenvalue weighted by atomic mass is 16.5. The molecule has 2 aromatic heterocycles. The van der Waals surface area contributed by atoms with Crippen LogP contribution in [0.15, 0.2) is 34.9 Å². The van der Waals surface area contributed by atoms with E-state index in [1.165, 1.54) is 0 Å². The van der Waals surface area contributed by atoms with E-state index < -0.39 is 0 Å². The number of hydrogen-bond donors (Lipinski definition) is 1. The molecule has 1 atom stereocenters. The van der Waals surface area contributed by atoms with Gasteiger partial charge < -0.3 is 10.3 Å². The molecule has 0 saturated heterocycles. The second-order valence-corrected chi connectivity index (χ2v) is 5.18. The topological polar surface area (TPSA) is 77.8 Å². The number of para-hydroxylation sites is 1. The van der Waals surface area contributed by atoms with Crippen LogP contribution >= 0.6 is 0 Å². The number of aromatic nitrogens is 3. The van der Waals surface area contributed by atoms with Crippen molar-refractivity contribution in [1.29, 1.82) is 0 Å². The van der Waals surface area contributed by atoms with Crippen molar-refractivity contribution >= 4 is 10.9 Å². The quantitative estimate of drug-likeness (QED) is 0.793. The maximum absolute atomic E-state index is 6.04. The molecule has 0 spiro atoms. The van der Waals surface area contributed by atoms with Crippen LogP contribution in [0, 0.1) is 6.92 Å². The number of nitrogens with zero attached hydrogens (tertiary/aromatic N) is 3. The third kappa shape index (κ3) is 2.64. The molecule has 0 aliphatic rings. The second-order valence-electron chi connectivity index (χ2n) is 5.18. The predicted molar refractivity (Wildman–Crippen MR) is 81.6 cm³/mol. The maximum atomic E-state index is 6.04. The molecule has 5 heteroatoms. The van der Waals surface area contributed by atoms with Gasteiger partial charge in [-0.1, -0.05) is 36.7 Å². The van der Waals surface area contributed by atoms with Crippen LogP contribution < -0.4 is 5.73 Å². The van der Waals surface area contributed by atoms with Crippen molar-refractivity contribution in [2.45, 2.75) is 32.7 Å².